The number of aliphatic hydroxyl groups is 1. The van der Waals surface area contributed by atoms with Gasteiger partial charge in [-0.2, -0.15) is 0 Å². The summed E-state index contributed by atoms with van der Waals surface area (Å²) in [7, 11) is 1.57. The van der Waals surface area contributed by atoms with Gasteiger partial charge < -0.3 is 25.2 Å². The van der Waals surface area contributed by atoms with Gasteiger partial charge in [0.2, 0.25) is 11.8 Å². The van der Waals surface area contributed by atoms with E-state index in [1.165, 1.54) is 6.92 Å². The fourth-order valence-corrected chi connectivity index (χ4v) is 5.09. The first-order chi connectivity index (χ1) is 18.0. The van der Waals surface area contributed by atoms with Gasteiger partial charge in [-0.15, -0.1) is 0 Å². The lowest BCUT2D eigenvalue weighted by molar-refractivity contribution is -0.134. The summed E-state index contributed by atoms with van der Waals surface area (Å²) in [5.41, 5.74) is -0.0128. The summed E-state index contributed by atoms with van der Waals surface area (Å²) < 4.78 is 10.6. The highest BCUT2D eigenvalue weighted by molar-refractivity contribution is 5.98. The molecule has 3 rings (SSSR count). The van der Waals surface area contributed by atoms with Crippen molar-refractivity contribution in [1.29, 1.82) is 0 Å². The van der Waals surface area contributed by atoms with Crippen LogP contribution in [0.3, 0.4) is 0 Å². The monoisotopic (exact) mass is 530 g/mol. The van der Waals surface area contributed by atoms with E-state index in [2.05, 4.69) is 10.6 Å². The molecule has 0 bridgehead atoms. The topological polar surface area (TPSA) is 134 Å². The second-order valence-electron chi connectivity index (χ2n) is 11.1. The molecule has 1 aromatic rings. The Kier molecular flexibility index (Phi) is 10.4. The van der Waals surface area contributed by atoms with E-state index in [1.54, 1.807) is 33.1 Å². The van der Waals surface area contributed by atoms with Crippen LogP contribution in [0.25, 0.3) is 0 Å². The number of carbonyl (C=O) groups is 4. The number of hydrogen-bond acceptors (Lipinski definition) is 7. The molecule has 3 N–H and O–H groups in total. The number of Topliss-reactive ketones (excluding diaryl/α,β-unsaturated/α-hetero) is 2. The molecule has 5 atom stereocenters. The summed E-state index contributed by atoms with van der Waals surface area (Å²) in [5.74, 6) is -0.898. The van der Waals surface area contributed by atoms with Crippen molar-refractivity contribution in [3.63, 3.8) is 0 Å². The lowest BCUT2D eigenvalue weighted by Gasteiger charge is -2.26. The average molecular weight is 531 g/mol. The van der Waals surface area contributed by atoms with Crippen LogP contribution in [0.15, 0.2) is 24.3 Å². The Labute approximate surface area is 225 Å². The maximum absolute atomic E-state index is 13.6. The van der Waals surface area contributed by atoms with E-state index in [0.29, 0.717) is 24.7 Å². The van der Waals surface area contributed by atoms with Crippen LogP contribution in [0, 0.1) is 11.8 Å². The fourth-order valence-electron chi connectivity index (χ4n) is 5.09. The maximum atomic E-state index is 13.6. The van der Waals surface area contributed by atoms with Gasteiger partial charge in [0.25, 0.3) is 0 Å². The molecule has 1 aliphatic heterocycles. The van der Waals surface area contributed by atoms with Crippen molar-refractivity contribution < 1.29 is 33.8 Å². The van der Waals surface area contributed by atoms with Crippen molar-refractivity contribution in [3.05, 3.63) is 29.8 Å². The van der Waals surface area contributed by atoms with Gasteiger partial charge in [0.05, 0.1) is 38.3 Å². The summed E-state index contributed by atoms with van der Waals surface area (Å²) >= 11 is 0. The lowest BCUT2D eigenvalue weighted by Crippen LogP contribution is -2.49. The van der Waals surface area contributed by atoms with Crippen molar-refractivity contribution >= 4 is 23.4 Å². The molecule has 38 heavy (non-hydrogen) atoms. The number of hydrogen-bond donors (Lipinski definition) is 3. The number of rotatable bonds is 15. The molecule has 1 aromatic carbocycles. The van der Waals surface area contributed by atoms with Crippen molar-refractivity contribution in [2.24, 2.45) is 11.8 Å². The molecule has 1 saturated heterocycles. The first-order valence-corrected chi connectivity index (χ1v) is 13.6. The standard InChI is InChI=1S/C29H42N2O7/c1-18(32)13-26(34)30-19(2)25(33)16-22(14-21-9-11-23(37-4)12-10-21)28(36)31-24(15-20-7-5-6-8-20)27(35)29(3)17-38-29/h9-12,18-20,22,24,32H,5-8,13-17H2,1-4H3,(H,30,34)(H,31,36). The molecule has 9 heteroatoms. The Balaban J connectivity index is 1.75. The van der Waals surface area contributed by atoms with E-state index in [-0.39, 0.29) is 36.7 Å². The zero-order valence-electron chi connectivity index (χ0n) is 23.0. The number of aliphatic hydroxyl groups excluding tert-OH is 1. The van der Waals surface area contributed by atoms with Crippen LogP contribution < -0.4 is 15.4 Å². The van der Waals surface area contributed by atoms with Crippen LogP contribution in [0.4, 0.5) is 0 Å². The van der Waals surface area contributed by atoms with Crippen LogP contribution in [-0.4, -0.2) is 66.0 Å². The highest BCUT2D eigenvalue weighted by atomic mass is 16.6. The van der Waals surface area contributed by atoms with Crippen LogP contribution in [0.2, 0.25) is 0 Å². The van der Waals surface area contributed by atoms with Gasteiger partial charge in [0.15, 0.2) is 11.6 Å². The third kappa shape index (κ3) is 8.63. The number of benzene rings is 1. The molecule has 9 nitrogen and oxygen atoms in total. The molecular weight excluding hydrogens is 488 g/mol. The molecule has 0 aromatic heterocycles. The number of nitrogens with one attached hydrogen (secondary N) is 2. The Bertz CT molecular complexity index is 981. The third-order valence-electron chi connectivity index (χ3n) is 7.58. The Hall–Kier alpha value is -2.78. The summed E-state index contributed by atoms with van der Waals surface area (Å²) in [6.07, 6.45) is 4.14. The number of epoxide rings is 1. The van der Waals surface area contributed by atoms with Gasteiger partial charge in [0, 0.05) is 12.3 Å². The zero-order chi connectivity index (χ0) is 27.9. The molecule has 5 unspecified atom stereocenters. The normalized spacial score (nSPS) is 22.1. The highest BCUT2D eigenvalue weighted by Gasteiger charge is 2.50. The van der Waals surface area contributed by atoms with E-state index in [0.717, 1.165) is 31.2 Å². The summed E-state index contributed by atoms with van der Waals surface area (Å²) in [4.78, 5) is 52.0. The first-order valence-electron chi connectivity index (χ1n) is 13.6. The lowest BCUT2D eigenvalue weighted by atomic mass is 9.88. The summed E-state index contributed by atoms with van der Waals surface area (Å²) in [5, 5.41) is 15.0. The smallest absolute Gasteiger partial charge is 0.224 e. The second-order valence-corrected chi connectivity index (χ2v) is 11.1. The van der Waals surface area contributed by atoms with Crippen molar-refractivity contribution in [1.82, 2.24) is 10.6 Å². The zero-order valence-corrected chi connectivity index (χ0v) is 23.0. The van der Waals surface area contributed by atoms with Crippen LogP contribution in [0.1, 0.15) is 71.3 Å². The molecule has 1 heterocycles. The predicted molar refractivity (Wildman–Crippen MR) is 142 cm³/mol. The molecule has 210 valence electrons. The predicted octanol–water partition coefficient (Wildman–Crippen LogP) is 2.51. The summed E-state index contributed by atoms with van der Waals surface area (Å²) in [6, 6.07) is 5.79. The minimum atomic E-state index is -0.861. The average Bonchev–Trinajstić information content (AvgIpc) is 3.41. The third-order valence-corrected chi connectivity index (χ3v) is 7.58. The molecule has 0 spiro atoms. The van der Waals surface area contributed by atoms with Gasteiger partial charge >= 0.3 is 0 Å². The molecule has 0 radical (unpaired) electrons. The quantitative estimate of drug-likeness (QED) is 0.297. The van der Waals surface area contributed by atoms with Crippen LogP contribution in [-0.2, 0) is 30.3 Å². The van der Waals surface area contributed by atoms with Crippen molar-refractivity contribution in [2.75, 3.05) is 13.7 Å². The SMILES string of the molecule is COc1ccc(CC(CC(=O)C(C)NC(=O)CC(C)O)C(=O)NC(CC2CCCC2)C(=O)C2(C)CO2)cc1. The summed E-state index contributed by atoms with van der Waals surface area (Å²) in [6.45, 7) is 5.17. The number of carbonyl (C=O) groups excluding carboxylic acids is 4. The van der Waals surface area contributed by atoms with Crippen molar-refractivity contribution in [2.45, 2.75) is 95.9 Å². The second kappa shape index (κ2) is 13.3. The molecule has 2 amide bonds. The van der Waals surface area contributed by atoms with Gasteiger partial charge in [0.1, 0.15) is 11.4 Å². The number of methoxy groups -OCH3 is 1. The number of ketones is 2. The molecule has 2 aliphatic rings. The van der Waals surface area contributed by atoms with Gasteiger partial charge in [-0.1, -0.05) is 37.8 Å². The van der Waals surface area contributed by atoms with E-state index in [1.807, 2.05) is 12.1 Å². The Morgan fingerprint density at radius 3 is 2.26 bits per heavy atom. The van der Waals surface area contributed by atoms with E-state index < -0.39 is 35.6 Å². The van der Waals surface area contributed by atoms with E-state index in [4.69, 9.17) is 9.47 Å². The molecule has 2 fully saturated rings. The van der Waals surface area contributed by atoms with E-state index in [9.17, 15) is 24.3 Å². The van der Waals surface area contributed by atoms with Gasteiger partial charge in [-0.25, -0.2) is 0 Å². The number of ether oxygens (including phenoxy) is 2. The van der Waals surface area contributed by atoms with Gasteiger partial charge in [-0.05, 0) is 57.2 Å². The van der Waals surface area contributed by atoms with Crippen LogP contribution >= 0.6 is 0 Å². The van der Waals surface area contributed by atoms with Crippen LogP contribution in [0.5, 0.6) is 5.75 Å². The fraction of sp³-hybridized carbons (Fsp3) is 0.655. The minimum absolute atomic E-state index is 0.105. The highest BCUT2D eigenvalue weighted by Crippen LogP contribution is 2.33. The number of amides is 2. The maximum Gasteiger partial charge on any atom is 0.224 e. The van der Waals surface area contributed by atoms with Crippen molar-refractivity contribution in [3.8, 4) is 5.75 Å². The molecule has 1 aliphatic carbocycles. The molecular formula is C29H42N2O7. The molecule has 1 saturated carbocycles. The van der Waals surface area contributed by atoms with Gasteiger partial charge in [-0.3, -0.25) is 19.2 Å². The largest absolute Gasteiger partial charge is 0.497 e. The Morgan fingerprint density at radius 1 is 1.08 bits per heavy atom. The first kappa shape index (κ1) is 29.8. The minimum Gasteiger partial charge on any atom is -0.497 e. The Morgan fingerprint density at radius 2 is 1.71 bits per heavy atom. The van der Waals surface area contributed by atoms with E-state index >= 15 is 0 Å².